The molecule has 0 bridgehead atoms. The molecule has 1 heterocycles. The number of halogens is 2. The molecule has 0 aromatic carbocycles. The van der Waals surface area contributed by atoms with Gasteiger partial charge >= 0.3 is 0 Å². The van der Waals surface area contributed by atoms with Crippen molar-refractivity contribution in [2.45, 2.75) is 12.8 Å². The quantitative estimate of drug-likeness (QED) is 0.748. The van der Waals surface area contributed by atoms with Crippen LogP contribution in [0.2, 0.25) is 0 Å². The SMILES string of the molecule is N#CCCNc1nccc(C(F)F)n1. The van der Waals surface area contributed by atoms with E-state index in [2.05, 4.69) is 15.3 Å². The zero-order valence-electron chi connectivity index (χ0n) is 7.24. The molecule has 14 heavy (non-hydrogen) atoms. The molecule has 0 aliphatic carbocycles. The first-order valence-corrected chi connectivity index (χ1v) is 3.96. The van der Waals surface area contributed by atoms with Crippen molar-refractivity contribution in [3.8, 4) is 6.07 Å². The molecule has 1 N–H and O–H groups in total. The van der Waals surface area contributed by atoms with Crippen LogP contribution in [0.4, 0.5) is 14.7 Å². The topological polar surface area (TPSA) is 61.6 Å². The summed E-state index contributed by atoms with van der Waals surface area (Å²) in [6, 6.07) is 3.06. The summed E-state index contributed by atoms with van der Waals surface area (Å²) in [4.78, 5) is 7.29. The lowest BCUT2D eigenvalue weighted by Crippen LogP contribution is -2.05. The van der Waals surface area contributed by atoms with Gasteiger partial charge < -0.3 is 5.32 Å². The number of rotatable bonds is 4. The zero-order valence-corrected chi connectivity index (χ0v) is 7.24. The Kier molecular flexibility index (Phi) is 3.73. The van der Waals surface area contributed by atoms with E-state index in [-0.39, 0.29) is 18.1 Å². The Labute approximate surface area is 79.6 Å². The Bertz CT molecular complexity index is 334. The molecule has 1 aromatic heterocycles. The molecule has 0 radical (unpaired) electrons. The van der Waals surface area contributed by atoms with Crippen LogP contribution in [0.25, 0.3) is 0 Å². The number of alkyl halides is 2. The lowest BCUT2D eigenvalue weighted by atomic mass is 10.4. The zero-order chi connectivity index (χ0) is 10.4. The van der Waals surface area contributed by atoms with Gasteiger partial charge in [0.1, 0.15) is 5.69 Å². The summed E-state index contributed by atoms with van der Waals surface area (Å²) in [6.45, 7) is 0.350. The Balaban J connectivity index is 2.60. The highest BCUT2D eigenvalue weighted by Gasteiger charge is 2.08. The van der Waals surface area contributed by atoms with Crippen molar-refractivity contribution >= 4 is 5.95 Å². The third kappa shape index (κ3) is 2.94. The van der Waals surface area contributed by atoms with Gasteiger partial charge in [-0.15, -0.1) is 0 Å². The predicted octanol–water partition coefficient (Wildman–Crippen LogP) is 1.74. The van der Waals surface area contributed by atoms with Crippen molar-refractivity contribution in [1.29, 1.82) is 5.26 Å². The predicted molar refractivity (Wildman–Crippen MR) is 45.7 cm³/mol. The Morgan fingerprint density at radius 2 is 2.36 bits per heavy atom. The highest BCUT2D eigenvalue weighted by atomic mass is 19.3. The smallest absolute Gasteiger partial charge is 0.280 e. The molecule has 1 aromatic rings. The highest BCUT2D eigenvalue weighted by molar-refractivity contribution is 5.25. The van der Waals surface area contributed by atoms with Gasteiger partial charge in [0.25, 0.3) is 6.43 Å². The van der Waals surface area contributed by atoms with E-state index in [1.807, 2.05) is 6.07 Å². The van der Waals surface area contributed by atoms with Crippen molar-refractivity contribution < 1.29 is 8.78 Å². The maximum absolute atomic E-state index is 12.2. The molecule has 0 fully saturated rings. The fraction of sp³-hybridized carbons (Fsp3) is 0.375. The number of nitrogens with one attached hydrogen (secondary N) is 1. The van der Waals surface area contributed by atoms with Crippen LogP contribution >= 0.6 is 0 Å². The van der Waals surface area contributed by atoms with Crippen LogP contribution in [-0.2, 0) is 0 Å². The largest absolute Gasteiger partial charge is 0.353 e. The second-order valence-corrected chi connectivity index (χ2v) is 2.44. The highest BCUT2D eigenvalue weighted by Crippen LogP contribution is 2.16. The molecular formula is C8H8F2N4. The van der Waals surface area contributed by atoms with Gasteiger partial charge in [0.05, 0.1) is 12.5 Å². The molecule has 0 saturated carbocycles. The van der Waals surface area contributed by atoms with Gasteiger partial charge in [-0.25, -0.2) is 18.7 Å². The van der Waals surface area contributed by atoms with Crippen LogP contribution in [0, 0.1) is 11.3 Å². The first-order valence-electron chi connectivity index (χ1n) is 3.96. The Morgan fingerprint density at radius 3 is 3.00 bits per heavy atom. The fourth-order valence-electron chi connectivity index (χ4n) is 0.810. The summed E-state index contributed by atoms with van der Waals surface area (Å²) in [6.07, 6.45) is -1.07. The first-order chi connectivity index (χ1) is 6.74. The van der Waals surface area contributed by atoms with Gasteiger partial charge in [0, 0.05) is 12.7 Å². The van der Waals surface area contributed by atoms with Crippen molar-refractivity contribution in [2.24, 2.45) is 0 Å². The van der Waals surface area contributed by atoms with Gasteiger partial charge in [0.15, 0.2) is 0 Å². The maximum Gasteiger partial charge on any atom is 0.280 e. The van der Waals surface area contributed by atoms with Gasteiger partial charge in [-0.2, -0.15) is 5.26 Å². The molecule has 0 unspecified atom stereocenters. The molecule has 0 saturated heterocycles. The molecule has 4 nitrogen and oxygen atoms in total. The van der Waals surface area contributed by atoms with Gasteiger partial charge in [-0.05, 0) is 6.07 Å². The van der Waals surface area contributed by atoms with E-state index >= 15 is 0 Å². The van der Waals surface area contributed by atoms with Crippen LogP contribution in [0.3, 0.4) is 0 Å². The second-order valence-electron chi connectivity index (χ2n) is 2.44. The van der Waals surface area contributed by atoms with E-state index in [9.17, 15) is 8.78 Å². The summed E-state index contributed by atoms with van der Waals surface area (Å²) < 4.78 is 24.3. The molecule has 0 aliphatic rings. The number of nitriles is 1. The van der Waals surface area contributed by atoms with Crippen molar-refractivity contribution in [2.75, 3.05) is 11.9 Å². The van der Waals surface area contributed by atoms with E-state index in [0.717, 1.165) is 6.07 Å². The summed E-state index contributed by atoms with van der Waals surface area (Å²) in [5.41, 5.74) is -0.320. The number of hydrogen-bond acceptors (Lipinski definition) is 4. The fourth-order valence-corrected chi connectivity index (χ4v) is 0.810. The van der Waals surface area contributed by atoms with Crippen LogP contribution in [0.15, 0.2) is 12.3 Å². The molecular weight excluding hydrogens is 190 g/mol. The van der Waals surface area contributed by atoms with Crippen LogP contribution < -0.4 is 5.32 Å². The van der Waals surface area contributed by atoms with Gasteiger partial charge in [-0.1, -0.05) is 0 Å². The minimum Gasteiger partial charge on any atom is -0.353 e. The summed E-state index contributed by atoms with van der Waals surface area (Å²) >= 11 is 0. The molecule has 6 heteroatoms. The van der Waals surface area contributed by atoms with E-state index in [0.29, 0.717) is 6.54 Å². The third-order valence-corrected chi connectivity index (χ3v) is 1.42. The van der Waals surface area contributed by atoms with E-state index in [4.69, 9.17) is 5.26 Å². The molecule has 0 spiro atoms. The number of anilines is 1. The Hall–Kier alpha value is -1.77. The van der Waals surface area contributed by atoms with E-state index in [1.165, 1.54) is 6.20 Å². The minimum atomic E-state index is -2.60. The molecule has 0 amide bonds. The second kappa shape index (κ2) is 5.07. The average molecular weight is 198 g/mol. The lowest BCUT2D eigenvalue weighted by Gasteiger charge is -2.03. The normalized spacial score (nSPS) is 9.86. The molecule has 74 valence electrons. The monoisotopic (exact) mass is 198 g/mol. The van der Waals surface area contributed by atoms with E-state index < -0.39 is 6.43 Å². The Morgan fingerprint density at radius 1 is 1.57 bits per heavy atom. The van der Waals surface area contributed by atoms with Crippen LogP contribution in [0.5, 0.6) is 0 Å². The van der Waals surface area contributed by atoms with Crippen LogP contribution in [-0.4, -0.2) is 16.5 Å². The van der Waals surface area contributed by atoms with Gasteiger partial charge in [0.2, 0.25) is 5.95 Å². The number of hydrogen-bond donors (Lipinski definition) is 1. The minimum absolute atomic E-state index is 0.123. The van der Waals surface area contributed by atoms with E-state index in [1.54, 1.807) is 0 Å². The maximum atomic E-state index is 12.2. The molecule has 1 rings (SSSR count). The number of aromatic nitrogens is 2. The standard InChI is InChI=1S/C8H8F2N4/c9-7(10)6-2-5-13-8(14-6)12-4-1-3-11/h2,5,7H,1,4H2,(H,12,13,14). The first kappa shape index (κ1) is 10.3. The van der Waals surface area contributed by atoms with Crippen molar-refractivity contribution in [3.05, 3.63) is 18.0 Å². The van der Waals surface area contributed by atoms with Gasteiger partial charge in [-0.3, -0.25) is 0 Å². The average Bonchev–Trinajstić information content (AvgIpc) is 2.19. The summed E-state index contributed by atoms with van der Waals surface area (Å²) in [5, 5.41) is 10.9. The summed E-state index contributed by atoms with van der Waals surface area (Å²) in [7, 11) is 0. The third-order valence-electron chi connectivity index (χ3n) is 1.42. The lowest BCUT2D eigenvalue weighted by molar-refractivity contribution is 0.146. The summed E-state index contributed by atoms with van der Waals surface area (Å²) in [5.74, 6) is 0.123. The molecule has 0 aliphatic heterocycles. The number of nitrogens with zero attached hydrogens (tertiary/aromatic N) is 3. The van der Waals surface area contributed by atoms with Crippen LogP contribution in [0.1, 0.15) is 18.5 Å². The van der Waals surface area contributed by atoms with Crippen molar-refractivity contribution in [1.82, 2.24) is 9.97 Å². The van der Waals surface area contributed by atoms with Crippen molar-refractivity contribution in [3.63, 3.8) is 0 Å². The molecule has 0 atom stereocenters.